The quantitative estimate of drug-likeness (QED) is 0.527. The minimum absolute atomic E-state index is 0.698. The Labute approximate surface area is 74.1 Å². The summed E-state index contributed by atoms with van der Waals surface area (Å²) in [5, 5.41) is 0. The molecule has 0 aromatic heterocycles. The Hall–Kier alpha value is -0.980. The Morgan fingerprint density at radius 3 is 2.92 bits per heavy atom. The monoisotopic (exact) mass is 161 g/mol. The van der Waals surface area contributed by atoms with E-state index in [1.165, 1.54) is 17.7 Å². The molecule has 2 aliphatic rings. The maximum atomic E-state index is 2.31. The average Bonchev–Trinajstić information content (AvgIpc) is 2.07. The van der Waals surface area contributed by atoms with Crippen LogP contribution in [0.4, 0.5) is 0 Å². The molecule has 1 heterocycles. The van der Waals surface area contributed by atoms with Crippen LogP contribution in [-0.2, 0) is 0 Å². The predicted octanol–water partition coefficient (Wildman–Crippen LogP) is 2.34. The molecule has 0 aromatic rings. The average molecular weight is 161 g/mol. The SMILES string of the molecule is CC1CC=CC2=C1C=CCN2C. The lowest BCUT2D eigenvalue weighted by atomic mass is 9.89. The zero-order valence-corrected chi connectivity index (χ0v) is 7.75. The molecule has 64 valence electrons. The van der Waals surface area contributed by atoms with Gasteiger partial charge < -0.3 is 4.90 Å². The van der Waals surface area contributed by atoms with Crippen molar-refractivity contribution in [3.05, 3.63) is 35.6 Å². The third-order valence-electron chi connectivity index (χ3n) is 2.68. The number of nitrogens with zero attached hydrogens (tertiary/aromatic N) is 1. The summed E-state index contributed by atoms with van der Waals surface area (Å²) in [5.41, 5.74) is 2.92. The fourth-order valence-electron chi connectivity index (χ4n) is 1.89. The molecule has 0 spiro atoms. The zero-order valence-electron chi connectivity index (χ0n) is 7.75. The van der Waals surface area contributed by atoms with Crippen LogP contribution in [0.15, 0.2) is 35.6 Å². The van der Waals surface area contributed by atoms with Gasteiger partial charge >= 0.3 is 0 Å². The number of rotatable bonds is 0. The van der Waals surface area contributed by atoms with E-state index in [-0.39, 0.29) is 0 Å². The maximum Gasteiger partial charge on any atom is 0.0398 e. The number of hydrogen-bond acceptors (Lipinski definition) is 1. The van der Waals surface area contributed by atoms with Gasteiger partial charge in [0.25, 0.3) is 0 Å². The van der Waals surface area contributed by atoms with E-state index in [4.69, 9.17) is 0 Å². The molecule has 0 amide bonds. The van der Waals surface area contributed by atoms with Crippen molar-refractivity contribution in [3.8, 4) is 0 Å². The molecule has 0 N–H and O–H groups in total. The van der Waals surface area contributed by atoms with Crippen molar-refractivity contribution in [3.63, 3.8) is 0 Å². The standard InChI is InChI=1S/C11H15N/c1-9-5-3-7-11-10(9)6-4-8-12(11)2/h3-4,6-7,9H,5,8H2,1-2H3. The summed E-state index contributed by atoms with van der Waals surface area (Å²) in [5.74, 6) is 0.698. The van der Waals surface area contributed by atoms with Crippen LogP contribution in [0.3, 0.4) is 0 Å². The van der Waals surface area contributed by atoms with Crippen molar-refractivity contribution in [1.82, 2.24) is 4.90 Å². The molecule has 1 unspecified atom stereocenters. The minimum Gasteiger partial charge on any atom is -0.371 e. The lowest BCUT2D eigenvalue weighted by molar-refractivity contribution is 0.452. The molecule has 1 heteroatoms. The third kappa shape index (κ3) is 1.09. The van der Waals surface area contributed by atoms with Crippen molar-refractivity contribution in [2.24, 2.45) is 5.92 Å². The van der Waals surface area contributed by atoms with E-state index in [2.05, 4.69) is 43.2 Å². The number of hydrogen-bond donors (Lipinski definition) is 0. The van der Waals surface area contributed by atoms with Gasteiger partial charge in [-0.05, 0) is 24.0 Å². The summed E-state index contributed by atoms with van der Waals surface area (Å²) in [7, 11) is 2.15. The van der Waals surface area contributed by atoms with Crippen LogP contribution in [-0.4, -0.2) is 18.5 Å². The molecule has 1 atom stereocenters. The van der Waals surface area contributed by atoms with E-state index in [1.54, 1.807) is 0 Å². The lowest BCUT2D eigenvalue weighted by Crippen LogP contribution is -2.24. The first kappa shape index (κ1) is 7.66. The molecule has 1 aliphatic heterocycles. The molecule has 1 aliphatic carbocycles. The normalized spacial score (nSPS) is 27.8. The van der Waals surface area contributed by atoms with E-state index in [0.29, 0.717) is 5.92 Å². The zero-order chi connectivity index (χ0) is 8.55. The second kappa shape index (κ2) is 2.81. The Balaban J connectivity index is 2.40. The van der Waals surface area contributed by atoms with Gasteiger partial charge in [0.15, 0.2) is 0 Å². The minimum atomic E-state index is 0.698. The van der Waals surface area contributed by atoms with Crippen LogP contribution < -0.4 is 0 Å². The largest absolute Gasteiger partial charge is 0.371 e. The number of likely N-dealkylation sites (N-methyl/N-ethyl adjacent to an activating group) is 1. The summed E-state index contributed by atoms with van der Waals surface area (Å²) in [6.45, 7) is 3.35. The summed E-state index contributed by atoms with van der Waals surface area (Å²) in [6.07, 6.45) is 10.2. The Bertz CT molecular complexity index is 243. The van der Waals surface area contributed by atoms with E-state index in [0.717, 1.165) is 6.54 Å². The van der Waals surface area contributed by atoms with E-state index in [9.17, 15) is 0 Å². The molecule has 0 aromatic carbocycles. The summed E-state index contributed by atoms with van der Waals surface area (Å²) in [4.78, 5) is 2.31. The van der Waals surface area contributed by atoms with Crippen molar-refractivity contribution < 1.29 is 0 Å². The van der Waals surface area contributed by atoms with E-state index >= 15 is 0 Å². The topological polar surface area (TPSA) is 3.24 Å². The Morgan fingerprint density at radius 1 is 1.33 bits per heavy atom. The highest BCUT2D eigenvalue weighted by Crippen LogP contribution is 2.29. The second-order valence-electron chi connectivity index (χ2n) is 3.66. The first-order valence-corrected chi connectivity index (χ1v) is 4.57. The van der Waals surface area contributed by atoms with Gasteiger partial charge in [0.1, 0.15) is 0 Å². The highest BCUT2D eigenvalue weighted by molar-refractivity contribution is 5.39. The summed E-state index contributed by atoms with van der Waals surface area (Å²) < 4.78 is 0. The van der Waals surface area contributed by atoms with Gasteiger partial charge in [-0.1, -0.05) is 25.2 Å². The smallest absolute Gasteiger partial charge is 0.0398 e. The van der Waals surface area contributed by atoms with Crippen molar-refractivity contribution in [2.45, 2.75) is 13.3 Å². The van der Waals surface area contributed by atoms with Crippen LogP contribution in [0.1, 0.15) is 13.3 Å². The third-order valence-corrected chi connectivity index (χ3v) is 2.68. The molecule has 1 nitrogen and oxygen atoms in total. The lowest BCUT2D eigenvalue weighted by Gasteiger charge is -2.30. The van der Waals surface area contributed by atoms with Gasteiger partial charge in [-0.15, -0.1) is 0 Å². The molecule has 12 heavy (non-hydrogen) atoms. The number of allylic oxidation sites excluding steroid dienone is 4. The first-order valence-electron chi connectivity index (χ1n) is 4.57. The fraction of sp³-hybridized carbons (Fsp3) is 0.455. The van der Waals surface area contributed by atoms with Crippen LogP contribution in [0, 0.1) is 5.92 Å². The van der Waals surface area contributed by atoms with Crippen molar-refractivity contribution >= 4 is 0 Å². The van der Waals surface area contributed by atoms with Gasteiger partial charge in [-0.25, -0.2) is 0 Å². The molecule has 0 saturated carbocycles. The van der Waals surface area contributed by atoms with Crippen LogP contribution in [0.25, 0.3) is 0 Å². The Kier molecular flexibility index (Phi) is 1.80. The highest BCUT2D eigenvalue weighted by atomic mass is 15.1. The highest BCUT2D eigenvalue weighted by Gasteiger charge is 2.18. The van der Waals surface area contributed by atoms with Gasteiger partial charge in [-0.3, -0.25) is 0 Å². The first-order chi connectivity index (χ1) is 5.79. The second-order valence-corrected chi connectivity index (χ2v) is 3.66. The Morgan fingerprint density at radius 2 is 2.17 bits per heavy atom. The van der Waals surface area contributed by atoms with E-state index < -0.39 is 0 Å². The van der Waals surface area contributed by atoms with Crippen molar-refractivity contribution in [2.75, 3.05) is 13.6 Å². The van der Waals surface area contributed by atoms with Crippen LogP contribution >= 0.6 is 0 Å². The molecule has 0 bridgehead atoms. The maximum absolute atomic E-state index is 2.31. The van der Waals surface area contributed by atoms with Gasteiger partial charge in [-0.2, -0.15) is 0 Å². The van der Waals surface area contributed by atoms with Gasteiger partial charge in [0, 0.05) is 19.3 Å². The molecule has 0 saturated heterocycles. The fourth-order valence-corrected chi connectivity index (χ4v) is 1.89. The predicted molar refractivity (Wildman–Crippen MR) is 51.7 cm³/mol. The molecular formula is C11H15N. The van der Waals surface area contributed by atoms with Crippen LogP contribution in [0.2, 0.25) is 0 Å². The summed E-state index contributed by atoms with van der Waals surface area (Å²) >= 11 is 0. The molecule has 2 rings (SSSR count). The van der Waals surface area contributed by atoms with Gasteiger partial charge in [0.05, 0.1) is 0 Å². The van der Waals surface area contributed by atoms with Crippen LogP contribution in [0.5, 0.6) is 0 Å². The molecule has 0 radical (unpaired) electrons. The van der Waals surface area contributed by atoms with E-state index in [1.807, 2.05) is 0 Å². The van der Waals surface area contributed by atoms with Crippen molar-refractivity contribution in [1.29, 1.82) is 0 Å². The molecule has 0 fully saturated rings. The summed E-state index contributed by atoms with van der Waals surface area (Å²) in [6, 6.07) is 0. The van der Waals surface area contributed by atoms with Gasteiger partial charge in [0.2, 0.25) is 0 Å². The molecular weight excluding hydrogens is 146 g/mol.